The summed E-state index contributed by atoms with van der Waals surface area (Å²) in [6.45, 7) is 17.5. The highest BCUT2D eigenvalue weighted by Gasteiger charge is 2.38. The molecule has 5 rings (SSSR count). The second-order valence-electron chi connectivity index (χ2n) is 14.4. The van der Waals surface area contributed by atoms with Crippen LogP contribution in [0.2, 0.25) is 0 Å². The second kappa shape index (κ2) is 12.0. The first kappa shape index (κ1) is 33.4. The molecule has 0 aromatic carbocycles. The molecule has 0 spiro atoms. The summed E-state index contributed by atoms with van der Waals surface area (Å²) in [5.74, 6) is 0. The van der Waals surface area contributed by atoms with Crippen molar-refractivity contribution in [1.29, 1.82) is 21.0 Å². The number of allylic oxidation sites excluding steroid dienone is 6. The monoisotopic (exact) mass is 632 g/mol. The van der Waals surface area contributed by atoms with Gasteiger partial charge in [0.25, 0.3) is 0 Å². The molecule has 0 aliphatic carbocycles. The summed E-state index contributed by atoms with van der Waals surface area (Å²) < 4.78 is 0. The minimum Gasteiger partial charge on any atom is -0.361 e. The number of hydrogen-bond acceptors (Lipinski definition) is 4. The van der Waals surface area contributed by atoms with E-state index in [0.717, 1.165) is 56.7 Å². The quantitative estimate of drug-likeness (QED) is 0.131. The predicted octanol–water partition coefficient (Wildman–Crippen LogP) is 8.59. The molecule has 1 aliphatic heterocycles. The third-order valence-corrected chi connectivity index (χ3v) is 9.92. The van der Waals surface area contributed by atoms with E-state index in [1.807, 2.05) is 36.4 Å². The molecule has 8 heteroatoms. The van der Waals surface area contributed by atoms with Gasteiger partial charge in [0.15, 0.2) is 0 Å². The van der Waals surface area contributed by atoms with Crippen molar-refractivity contribution in [3.05, 3.63) is 129 Å². The molecule has 0 amide bonds. The Balaban J connectivity index is 1.82. The molecule has 0 saturated heterocycles. The first-order valence-corrected chi connectivity index (χ1v) is 15.9. The van der Waals surface area contributed by atoms with Gasteiger partial charge in [-0.2, -0.15) is 21.0 Å². The Kier molecular flexibility index (Phi) is 8.35. The van der Waals surface area contributed by atoms with Crippen molar-refractivity contribution in [3.8, 4) is 24.3 Å². The molecule has 0 atom stereocenters. The number of hydrogen-bond donors (Lipinski definition) is 4. The van der Waals surface area contributed by atoms with Crippen LogP contribution in [0.15, 0.2) is 71.8 Å². The molecule has 4 aromatic heterocycles. The van der Waals surface area contributed by atoms with Crippen LogP contribution in [0.4, 0.5) is 0 Å². The fraction of sp³-hybridized carbons (Fsp3) is 0.300. The van der Waals surface area contributed by atoms with E-state index in [1.54, 1.807) is 12.2 Å². The van der Waals surface area contributed by atoms with Crippen molar-refractivity contribution in [2.75, 3.05) is 0 Å². The van der Waals surface area contributed by atoms with Crippen LogP contribution in [0.1, 0.15) is 112 Å². The summed E-state index contributed by atoms with van der Waals surface area (Å²) in [6, 6.07) is 20.6. The highest BCUT2D eigenvalue weighted by molar-refractivity contribution is 5.64. The van der Waals surface area contributed by atoms with Crippen molar-refractivity contribution in [3.63, 3.8) is 0 Å². The van der Waals surface area contributed by atoms with Crippen LogP contribution >= 0.6 is 0 Å². The average Bonchev–Trinajstić information content (AvgIpc) is 3.87. The molecule has 4 aromatic rings. The number of H-pyrrole nitrogens is 4. The number of rotatable bonds is 4. The van der Waals surface area contributed by atoms with E-state index in [1.165, 1.54) is 12.2 Å². The molecule has 240 valence electrons. The van der Waals surface area contributed by atoms with Gasteiger partial charge in [-0.3, -0.25) is 0 Å². The van der Waals surface area contributed by atoms with E-state index in [4.69, 9.17) is 0 Å². The SMILES string of the molecule is CC1(C)c2ccc([nH]2)C(C)(C)c2cc(/C=C/C=C(C#N)C#N)c([nH]2)C(C)(C)c2cc(/C=C/C=C(C#N)C#N)c([nH]2)C(C)(C)c2ccc1[nH]2. The number of aromatic nitrogens is 4. The van der Waals surface area contributed by atoms with Crippen LogP contribution in [0.3, 0.4) is 0 Å². The summed E-state index contributed by atoms with van der Waals surface area (Å²) in [4.78, 5) is 15.1. The van der Waals surface area contributed by atoms with Crippen LogP contribution in [-0.2, 0) is 21.7 Å². The van der Waals surface area contributed by atoms with Crippen molar-refractivity contribution < 1.29 is 0 Å². The minimum absolute atomic E-state index is 0.0280. The molecule has 1 aliphatic rings. The number of fused-ring (bicyclic) bond motifs is 8. The van der Waals surface area contributed by atoms with E-state index >= 15 is 0 Å². The molecule has 0 unspecified atom stereocenters. The van der Waals surface area contributed by atoms with E-state index in [-0.39, 0.29) is 16.6 Å². The predicted molar refractivity (Wildman–Crippen MR) is 188 cm³/mol. The van der Waals surface area contributed by atoms with E-state index < -0.39 is 16.2 Å². The Hall–Kier alpha value is -5.96. The summed E-state index contributed by atoms with van der Waals surface area (Å²) in [7, 11) is 0. The number of nitrogens with zero attached hydrogens (tertiary/aromatic N) is 4. The van der Waals surface area contributed by atoms with Crippen molar-refractivity contribution >= 4 is 12.2 Å². The molecule has 4 N–H and O–H groups in total. The fourth-order valence-corrected chi connectivity index (χ4v) is 6.41. The zero-order valence-corrected chi connectivity index (χ0v) is 28.7. The van der Waals surface area contributed by atoms with Gasteiger partial charge in [0, 0.05) is 67.2 Å². The zero-order chi connectivity index (χ0) is 35.1. The van der Waals surface area contributed by atoms with Crippen molar-refractivity contribution in [2.45, 2.75) is 77.0 Å². The second-order valence-corrected chi connectivity index (χ2v) is 14.4. The van der Waals surface area contributed by atoms with Crippen LogP contribution < -0.4 is 0 Å². The molecule has 5 heterocycles. The lowest BCUT2D eigenvalue weighted by Crippen LogP contribution is -2.26. The van der Waals surface area contributed by atoms with Gasteiger partial charge in [0.2, 0.25) is 0 Å². The maximum atomic E-state index is 9.29. The third-order valence-electron chi connectivity index (χ3n) is 9.92. The van der Waals surface area contributed by atoms with Gasteiger partial charge in [0.05, 0.1) is 0 Å². The third kappa shape index (κ3) is 5.64. The Morgan fingerprint density at radius 3 is 1.17 bits per heavy atom. The van der Waals surface area contributed by atoms with Gasteiger partial charge < -0.3 is 19.9 Å². The standard InChI is InChI=1S/C40H40N8/c1-37(2)29-15-16-31(45-29)38(3,4)33-19-27(13-9-11-25(21-41)22-42)36(47-33)40(7,8)34-20-28(14-10-12-26(23-43)24-44)35(48-34)39(5,6)32-18-17-30(37)46-32/h9-20,45-48H,1-8H3/b13-9+,14-10+. The van der Waals surface area contributed by atoms with Crippen LogP contribution in [0.5, 0.6) is 0 Å². The largest absolute Gasteiger partial charge is 0.361 e. The Morgan fingerprint density at radius 1 is 0.479 bits per heavy atom. The molecule has 0 saturated carbocycles. The smallest absolute Gasteiger partial charge is 0.129 e. The lowest BCUT2D eigenvalue weighted by Gasteiger charge is -2.28. The normalized spacial score (nSPS) is 16.8. The molecular weight excluding hydrogens is 592 g/mol. The van der Waals surface area contributed by atoms with Crippen LogP contribution in [-0.4, -0.2) is 19.9 Å². The van der Waals surface area contributed by atoms with Crippen molar-refractivity contribution in [1.82, 2.24) is 19.9 Å². The number of nitrogens with one attached hydrogen (secondary N) is 4. The molecule has 8 nitrogen and oxygen atoms in total. The summed E-state index contributed by atoms with van der Waals surface area (Å²) in [6.07, 6.45) is 10.4. The lowest BCUT2D eigenvalue weighted by molar-refractivity contribution is 0.545. The van der Waals surface area contributed by atoms with Gasteiger partial charge in [-0.1, -0.05) is 24.3 Å². The van der Waals surface area contributed by atoms with Gasteiger partial charge in [-0.15, -0.1) is 0 Å². The summed E-state index contributed by atoms with van der Waals surface area (Å²) in [5, 5.41) is 37.2. The molecule has 0 fully saturated rings. The summed E-state index contributed by atoms with van der Waals surface area (Å²) >= 11 is 0. The summed E-state index contributed by atoms with van der Waals surface area (Å²) in [5.41, 5.74) is 8.29. The lowest BCUT2D eigenvalue weighted by atomic mass is 9.83. The fourth-order valence-electron chi connectivity index (χ4n) is 6.41. The first-order valence-electron chi connectivity index (χ1n) is 15.9. The Morgan fingerprint density at radius 2 is 0.792 bits per heavy atom. The maximum Gasteiger partial charge on any atom is 0.129 e. The van der Waals surface area contributed by atoms with Crippen molar-refractivity contribution in [2.24, 2.45) is 0 Å². The highest BCUT2D eigenvalue weighted by Crippen LogP contribution is 2.43. The van der Waals surface area contributed by atoms with E-state index in [9.17, 15) is 21.0 Å². The van der Waals surface area contributed by atoms with Crippen LogP contribution in [0.25, 0.3) is 12.2 Å². The van der Waals surface area contributed by atoms with E-state index in [0.29, 0.717) is 0 Å². The number of nitriles is 4. The van der Waals surface area contributed by atoms with Gasteiger partial charge >= 0.3 is 0 Å². The first-order chi connectivity index (χ1) is 22.6. The van der Waals surface area contributed by atoms with Gasteiger partial charge in [-0.05, 0) is 115 Å². The van der Waals surface area contributed by atoms with Gasteiger partial charge in [-0.25, -0.2) is 0 Å². The average molecular weight is 633 g/mol. The Labute approximate surface area is 282 Å². The molecule has 48 heavy (non-hydrogen) atoms. The zero-order valence-electron chi connectivity index (χ0n) is 28.7. The van der Waals surface area contributed by atoms with E-state index in [2.05, 4.69) is 112 Å². The van der Waals surface area contributed by atoms with Crippen LogP contribution in [0, 0.1) is 45.3 Å². The van der Waals surface area contributed by atoms with Gasteiger partial charge in [0.1, 0.15) is 35.4 Å². The minimum atomic E-state index is -0.566. The molecule has 0 radical (unpaired) electrons. The number of aromatic amines is 4. The Bertz CT molecular complexity index is 2100. The topological polar surface area (TPSA) is 158 Å². The molecule has 8 bridgehead atoms. The highest BCUT2D eigenvalue weighted by atomic mass is 14.9. The molecular formula is C40H40N8. The maximum absolute atomic E-state index is 9.29.